The smallest absolute Gasteiger partial charge is 0.307 e. The maximum Gasteiger partial charge on any atom is 0.307 e. The maximum atomic E-state index is 10.7. The molecule has 0 aromatic carbocycles. The monoisotopic (exact) mass is 143 g/mol. The second-order valence-electron chi connectivity index (χ2n) is 2.58. The molecule has 0 bridgehead atoms. The molecule has 2 N–H and O–H groups in total. The molecule has 1 rings (SSSR count). The Labute approximate surface area is 60.5 Å². The Morgan fingerprint density at radius 1 is 1.60 bits per heavy atom. The van der Waals surface area contributed by atoms with Crippen LogP contribution in [0.15, 0.2) is 0 Å². The van der Waals surface area contributed by atoms with Crippen LogP contribution in [0.2, 0.25) is 0 Å². The minimum Gasteiger partial charge on any atom is -0.462 e. The molecule has 10 heavy (non-hydrogen) atoms. The van der Waals surface area contributed by atoms with Gasteiger partial charge in [0, 0.05) is 6.54 Å². The number of esters is 1. The fraction of sp³-hybridized carbons (Fsp3) is 0.857. The third-order valence-electron chi connectivity index (χ3n) is 1.70. The SMILES string of the molecule is NCCC(=O)OC1CCC1. The Morgan fingerprint density at radius 3 is 2.70 bits per heavy atom. The van der Waals surface area contributed by atoms with Gasteiger partial charge < -0.3 is 10.5 Å². The molecule has 0 spiro atoms. The molecule has 0 aromatic rings. The van der Waals surface area contributed by atoms with Crippen LogP contribution in [0.1, 0.15) is 25.7 Å². The molecule has 0 radical (unpaired) electrons. The van der Waals surface area contributed by atoms with Crippen molar-refractivity contribution in [1.29, 1.82) is 0 Å². The van der Waals surface area contributed by atoms with Crippen LogP contribution in [0, 0.1) is 0 Å². The van der Waals surface area contributed by atoms with Crippen LogP contribution in [-0.2, 0) is 9.53 Å². The summed E-state index contributed by atoms with van der Waals surface area (Å²) in [5.41, 5.74) is 5.16. The molecule has 58 valence electrons. The maximum absolute atomic E-state index is 10.7. The molecule has 0 aliphatic heterocycles. The average molecular weight is 143 g/mol. The van der Waals surface area contributed by atoms with E-state index in [0.29, 0.717) is 13.0 Å². The van der Waals surface area contributed by atoms with Crippen molar-refractivity contribution in [3.63, 3.8) is 0 Å². The average Bonchev–Trinajstić information content (AvgIpc) is 1.80. The second-order valence-corrected chi connectivity index (χ2v) is 2.58. The topological polar surface area (TPSA) is 52.3 Å². The molecule has 0 saturated heterocycles. The highest BCUT2D eigenvalue weighted by molar-refractivity contribution is 5.69. The van der Waals surface area contributed by atoms with Crippen LogP contribution >= 0.6 is 0 Å². The van der Waals surface area contributed by atoms with E-state index in [4.69, 9.17) is 10.5 Å². The Balaban J connectivity index is 2.05. The molecule has 0 heterocycles. The summed E-state index contributed by atoms with van der Waals surface area (Å²) in [5, 5.41) is 0. The Hall–Kier alpha value is -0.570. The van der Waals surface area contributed by atoms with Gasteiger partial charge in [0.2, 0.25) is 0 Å². The highest BCUT2D eigenvalue weighted by atomic mass is 16.5. The minimum atomic E-state index is -0.146. The van der Waals surface area contributed by atoms with Crippen molar-refractivity contribution in [2.24, 2.45) is 5.73 Å². The first-order valence-electron chi connectivity index (χ1n) is 3.72. The lowest BCUT2D eigenvalue weighted by atomic mass is 9.96. The van der Waals surface area contributed by atoms with Gasteiger partial charge in [-0.3, -0.25) is 4.79 Å². The lowest BCUT2D eigenvalue weighted by Gasteiger charge is -2.24. The molecule has 1 aliphatic carbocycles. The Bertz CT molecular complexity index is 121. The fourth-order valence-electron chi connectivity index (χ4n) is 0.851. The number of hydrogen-bond acceptors (Lipinski definition) is 3. The van der Waals surface area contributed by atoms with Gasteiger partial charge in [0.15, 0.2) is 0 Å². The molecule has 0 atom stereocenters. The van der Waals surface area contributed by atoms with E-state index < -0.39 is 0 Å². The van der Waals surface area contributed by atoms with Crippen LogP contribution in [0.25, 0.3) is 0 Å². The summed E-state index contributed by atoms with van der Waals surface area (Å²) in [6.07, 6.45) is 3.84. The quantitative estimate of drug-likeness (QED) is 0.583. The summed E-state index contributed by atoms with van der Waals surface area (Å²) in [6.45, 7) is 0.394. The van der Waals surface area contributed by atoms with E-state index in [9.17, 15) is 4.79 Å². The van der Waals surface area contributed by atoms with Gasteiger partial charge in [-0.25, -0.2) is 0 Å². The Morgan fingerprint density at radius 2 is 2.30 bits per heavy atom. The highest BCUT2D eigenvalue weighted by Gasteiger charge is 2.20. The first kappa shape index (κ1) is 7.54. The van der Waals surface area contributed by atoms with Crippen LogP contribution < -0.4 is 5.73 Å². The summed E-state index contributed by atoms with van der Waals surface area (Å²) in [5.74, 6) is -0.146. The number of ether oxygens (including phenoxy) is 1. The van der Waals surface area contributed by atoms with Crippen molar-refractivity contribution in [3.8, 4) is 0 Å². The normalized spacial score (nSPS) is 18.1. The largest absolute Gasteiger partial charge is 0.462 e. The lowest BCUT2D eigenvalue weighted by Crippen LogP contribution is -2.26. The van der Waals surface area contributed by atoms with Gasteiger partial charge in [0.25, 0.3) is 0 Å². The fourth-order valence-corrected chi connectivity index (χ4v) is 0.851. The molecule has 0 aromatic heterocycles. The predicted molar refractivity (Wildman–Crippen MR) is 37.4 cm³/mol. The van der Waals surface area contributed by atoms with Gasteiger partial charge >= 0.3 is 5.97 Å². The third kappa shape index (κ3) is 1.99. The molecule has 3 nitrogen and oxygen atoms in total. The second kappa shape index (κ2) is 3.56. The van der Waals surface area contributed by atoms with Gasteiger partial charge in [-0.05, 0) is 19.3 Å². The van der Waals surface area contributed by atoms with Crippen LogP contribution in [-0.4, -0.2) is 18.6 Å². The summed E-state index contributed by atoms with van der Waals surface area (Å²) in [7, 11) is 0. The number of hydrogen-bond donors (Lipinski definition) is 1. The van der Waals surface area contributed by atoms with Crippen molar-refractivity contribution < 1.29 is 9.53 Å². The third-order valence-corrected chi connectivity index (χ3v) is 1.70. The molecule has 1 aliphatic rings. The van der Waals surface area contributed by atoms with E-state index in [0.717, 1.165) is 12.8 Å². The molecule has 1 fully saturated rings. The Kier molecular flexibility index (Phi) is 2.68. The zero-order valence-electron chi connectivity index (χ0n) is 6.01. The molecule has 0 unspecified atom stereocenters. The summed E-state index contributed by atoms with van der Waals surface area (Å²) >= 11 is 0. The van der Waals surface area contributed by atoms with Gasteiger partial charge in [-0.1, -0.05) is 0 Å². The molecular formula is C7H13NO2. The van der Waals surface area contributed by atoms with E-state index in [1.165, 1.54) is 6.42 Å². The van der Waals surface area contributed by atoms with Crippen LogP contribution in [0.5, 0.6) is 0 Å². The zero-order chi connectivity index (χ0) is 7.40. The summed E-state index contributed by atoms with van der Waals surface area (Å²) in [6, 6.07) is 0. The van der Waals surface area contributed by atoms with Crippen molar-refractivity contribution in [3.05, 3.63) is 0 Å². The van der Waals surface area contributed by atoms with E-state index in [-0.39, 0.29) is 12.1 Å². The number of rotatable bonds is 3. The zero-order valence-corrected chi connectivity index (χ0v) is 6.01. The van der Waals surface area contributed by atoms with Crippen LogP contribution in [0.3, 0.4) is 0 Å². The predicted octanol–water partition coefficient (Wildman–Crippen LogP) is 0.431. The van der Waals surface area contributed by atoms with Crippen molar-refractivity contribution in [1.82, 2.24) is 0 Å². The summed E-state index contributed by atoms with van der Waals surface area (Å²) < 4.78 is 5.01. The van der Waals surface area contributed by atoms with Crippen molar-refractivity contribution in [2.45, 2.75) is 31.8 Å². The standard InChI is InChI=1S/C7H13NO2/c8-5-4-7(9)10-6-2-1-3-6/h6H,1-5,8H2. The first-order chi connectivity index (χ1) is 4.83. The van der Waals surface area contributed by atoms with E-state index >= 15 is 0 Å². The van der Waals surface area contributed by atoms with E-state index in [1.807, 2.05) is 0 Å². The van der Waals surface area contributed by atoms with Crippen LogP contribution in [0.4, 0.5) is 0 Å². The van der Waals surface area contributed by atoms with E-state index in [2.05, 4.69) is 0 Å². The van der Waals surface area contributed by atoms with E-state index in [1.54, 1.807) is 0 Å². The molecule has 1 saturated carbocycles. The first-order valence-corrected chi connectivity index (χ1v) is 3.72. The van der Waals surface area contributed by atoms with Gasteiger partial charge in [0.05, 0.1) is 6.42 Å². The lowest BCUT2D eigenvalue weighted by molar-refractivity contribution is -0.152. The van der Waals surface area contributed by atoms with Gasteiger partial charge in [-0.2, -0.15) is 0 Å². The number of nitrogens with two attached hydrogens (primary N) is 1. The molecule has 0 amide bonds. The highest BCUT2D eigenvalue weighted by Crippen LogP contribution is 2.21. The van der Waals surface area contributed by atoms with Crippen molar-refractivity contribution in [2.75, 3.05) is 6.54 Å². The minimum absolute atomic E-state index is 0.146. The number of carbonyl (C=O) groups excluding carboxylic acids is 1. The molecular weight excluding hydrogens is 130 g/mol. The number of carbonyl (C=O) groups is 1. The summed E-state index contributed by atoms with van der Waals surface area (Å²) in [4.78, 5) is 10.7. The molecule has 3 heteroatoms. The van der Waals surface area contributed by atoms with Gasteiger partial charge in [0.1, 0.15) is 6.10 Å². The van der Waals surface area contributed by atoms with Gasteiger partial charge in [-0.15, -0.1) is 0 Å². The van der Waals surface area contributed by atoms with Crippen molar-refractivity contribution >= 4 is 5.97 Å².